The fourth-order valence-corrected chi connectivity index (χ4v) is 2.00. The first-order chi connectivity index (χ1) is 8.97. The van der Waals surface area contributed by atoms with E-state index in [4.69, 9.17) is 0 Å². The largest absolute Gasteiger partial charge is 0.508 e. The summed E-state index contributed by atoms with van der Waals surface area (Å²) in [4.78, 5) is 22.9. The van der Waals surface area contributed by atoms with Crippen molar-refractivity contribution in [2.24, 2.45) is 0 Å². The SMILES string of the molecule is CCCC(=O)NC(C)C(C(=O)O)c1ccccc1O. The number of carbonyl (C=O) groups excluding carboxylic acids is 1. The van der Waals surface area contributed by atoms with Crippen molar-refractivity contribution in [3.05, 3.63) is 29.8 Å². The van der Waals surface area contributed by atoms with Crippen LogP contribution in [-0.2, 0) is 9.59 Å². The number of hydrogen-bond donors (Lipinski definition) is 3. The minimum absolute atomic E-state index is 0.0773. The van der Waals surface area contributed by atoms with Gasteiger partial charge in [0.2, 0.25) is 5.91 Å². The van der Waals surface area contributed by atoms with E-state index in [-0.39, 0.29) is 11.7 Å². The van der Waals surface area contributed by atoms with Crippen molar-refractivity contribution in [2.45, 2.75) is 38.6 Å². The van der Waals surface area contributed by atoms with Gasteiger partial charge in [-0.2, -0.15) is 0 Å². The van der Waals surface area contributed by atoms with Crippen LogP contribution in [0, 0.1) is 0 Å². The average molecular weight is 265 g/mol. The summed E-state index contributed by atoms with van der Waals surface area (Å²) >= 11 is 0. The molecule has 2 unspecified atom stereocenters. The first kappa shape index (κ1) is 15.0. The highest BCUT2D eigenvalue weighted by molar-refractivity contribution is 5.81. The molecule has 1 aromatic rings. The molecule has 0 aliphatic heterocycles. The lowest BCUT2D eigenvalue weighted by atomic mass is 9.91. The van der Waals surface area contributed by atoms with Gasteiger partial charge in [0.05, 0.1) is 0 Å². The second-order valence-corrected chi connectivity index (χ2v) is 4.48. The number of phenols is 1. The predicted molar refractivity (Wildman–Crippen MR) is 71.0 cm³/mol. The van der Waals surface area contributed by atoms with Gasteiger partial charge >= 0.3 is 5.97 Å². The highest BCUT2D eigenvalue weighted by Gasteiger charge is 2.29. The molecule has 0 aliphatic carbocycles. The molecule has 5 heteroatoms. The lowest BCUT2D eigenvalue weighted by Crippen LogP contribution is -2.39. The Bertz CT molecular complexity index is 459. The molecule has 104 valence electrons. The van der Waals surface area contributed by atoms with Crippen LogP contribution in [0.4, 0.5) is 0 Å². The molecule has 0 aliphatic rings. The normalized spacial score (nSPS) is 13.6. The minimum atomic E-state index is -1.08. The monoisotopic (exact) mass is 265 g/mol. The van der Waals surface area contributed by atoms with E-state index < -0.39 is 17.9 Å². The van der Waals surface area contributed by atoms with Crippen LogP contribution in [0.2, 0.25) is 0 Å². The first-order valence-electron chi connectivity index (χ1n) is 6.27. The van der Waals surface area contributed by atoms with Crippen molar-refractivity contribution in [1.82, 2.24) is 5.32 Å². The van der Waals surface area contributed by atoms with E-state index in [0.29, 0.717) is 18.4 Å². The summed E-state index contributed by atoms with van der Waals surface area (Å²) in [6.45, 7) is 3.50. The number of benzene rings is 1. The van der Waals surface area contributed by atoms with E-state index in [1.165, 1.54) is 6.07 Å². The van der Waals surface area contributed by atoms with Crippen molar-refractivity contribution in [2.75, 3.05) is 0 Å². The molecule has 3 N–H and O–H groups in total. The van der Waals surface area contributed by atoms with Crippen LogP contribution in [0.1, 0.15) is 38.2 Å². The number of carboxylic acids is 1. The van der Waals surface area contributed by atoms with Crippen molar-refractivity contribution < 1.29 is 19.8 Å². The van der Waals surface area contributed by atoms with Crippen molar-refractivity contribution in [1.29, 1.82) is 0 Å². The summed E-state index contributed by atoms with van der Waals surface area (Å²) in [5.41, 5.74) is 0.305. The molecule has 0 spiro atoms. The highest BCUT2D eigenvalue weighted by atomic mass is 16.4. The van der Waals surface area contributed by atoms with Crippen LogP contribution >= 0.6 is 0 Å². The zero-order chi connectivity index (χ0) is 14.4. The van der Waals surface area contributed by atoms with Crippen LogP contribution in [0.3, 0.4) is 0 Å². The van der Waals surface area contributed by atoms with E-state index in [2.05, 4.69) is 5.32 Å². The van der Waals surface area contributed by atoms with E-state index in [9.17, 15) is 19.8 Å². The zero-order valence-corrected chi connectivity index (χ0v) is 11.1. The molecule has 0 radical (unpaired) electrons. The van der Waals surface area contributed by atoms with Crippen LogP contribution in [0.15, 0.2) is 24.3 Å². The van der Waals surface area contributed by atoms with Crippen LogP contribution in [-0.4, -0.2) is 28.1 Å². The standard InChI is InChI=1S/C14H19NO4/c1-3-6-12(17)15-9(2)13(14(18)19)10-7-4-5-8-11(10)16/h4-5,7-9,13,16H,3,6H2,1-2H3,(H,15,17)(H,18,19). The van der Waals surface area contributed by atoms with Gasteiger partial charge in [-0.1, -0.05) is 25.1 Å². The Hall–Kier alpha value is -2.04. The molecule has 1 rings (SSSR count). The Morgan fingerprint density at radius 1 is 1.32 bits per heavy atom. The van der Waals surface area contributed by atoms with Gasteiger partial charge in [0.1, 0.15) is 11.7 Å². The summed E-state index contributed by atoms with van der Waals surface area (Å²) in [7, 11) is 0. The molecule has 2 atom stereocenters. The Morgan fingerprint density at radius 2 is 1.95 bits per heavy atom. The smallest absolute Gasteiger partial charge is 0.313 e. The number of carbonyl (C=O) groups is 2. The average Bonchev–Trinajstić information content (AvgIpc) is 2.31. The fraction of sp³-hybridized carbons (Fsp3) is 0.429. The van der Waals surface area contributed by atoms with Crippen molar-refractivity contribution in [3.63, 3.8) is 0 Å². The van der Waals surface area contributed by atoms with Gasteiger partial charge in [0, 0.05) is 18.0 Å². The van der Waals surface area contributed by atoms with Crippen LogP contribution < -0.4 is 5.32 Å². The summed E-state index contributed by atoms with van der Waals surface area (Å²) in [5, 5.41) is 21.7. The number of amides is 1. The number of carboxylic acid groups (broad SMARTS) is 1. The Labute approximate surface area is 112 Å². The second-order valence-electron chi connectivity index (χ2n) is 4.48. The lowest BCUT2D eigenvalue weighted by molar-refractivity contribution is -0.139. The number of aliphatic carboxylic acids is 1. The van der Waals surface area contributed by atoms with Gasteiger partial charge in [-0.15, -0.1) is 0 Å². The third kappa shape index (κ3) is 3.98. The van der Waals surface area contributed by atoms with Gasteiger partial charge < -0.3 is 15.5 Å². The first-order valence-corrected chi connectivity index (χ1v) is 6.27. The van der Waals surface area contributed by atoms with Crippen LogP contribution in [0.25, 0.3) is 0 Å². The Kier molecular flexibility index (Phi) is 5.36. The maximum Gasteiger partial charge on any atom is 0.313 e. The molecule has 0 saturated heterocycles. The number of aromatic hydroxyl groups is 1. The Balaban J connectivity index is 2.93. The van der Waals surface area contributed by atoms with E-state index in [1.807, 2.05) is 6.92 Å². The maximum absolute atomic E-state index is 11.5. The number of hydrogen-bond acceptors (Lipinski definition) is 3. The molecule has 0 saturated carbocycles. The van der Waals surface area contributed by atoms with Crippen molar-refractivity contribution >= 4 is 11.9 Å². The fourth-order valence-electron chi connectivity index (χ4n) is 2.00. The molecule has 19 heavy (non-hydrogen) atoms. The minimum Gasteiger partial charge on any atom is -0.508 e. The third-order valence-corrected chi connectivity index (χ3v) is 2.90. The quantitative estimate of drug-likeness (QED) is 0.732. The van der Waals surface area contributed by atoms with Gasteiger partial charge in [0.25, 0.3) is 0 Å². The number of nitrogens with one attached hydrogen (secondary N) is 1. The summed E-state index contributed by atoms with van der Waals surface area (Å²) in [6, 6.07) is 5.68. The predicted octanol–water partition coefficient (Wildman–Crippen LogP) is 1.87. The molecular formula is C14H19NO4. The molecule has 1 aromatic carbocycles. The van der Waals surface area contributed by atoms with Gasteiger partial charge in [-0.3, -0.25) is 9.59 Å². The molecule has 0 aromatic heterocycles. The third-order valence-electron chi connectivity index (χ3n) is 2.90. The molecule has 0 heterocycles. The van der Waals surface area contributed by atoms with Gasteiger partial charge in [-0.05, 0) is 19.4 Å². The summed E-state index contributed by atoms with van der Waals surface area (Å²) in [5.74, 6) is -2.31. The molecule has 0 bridgehead atoms. The Morgan fingerprint density at radius 3 is 2.47 bits per heavy atom. The van der Waals surface area contributed by atoms with Gasteiger partial charge in [0.15, 0.2) is 0 Å². The van der Waals surface area contributed by atoms with Crippen LogP contribution in [0.5, 0.6) is 5.75 Å². The number of phenolic OH excluding ortho intramolecular Hbond substituents is 1. The topological polar surface area (TPSA) is 86.6 Å². The van der Waals surface area contributed by atoms with Crippen molar-refractivity contribution in [3.8, 4) is 5.75 Å². The number of para-hydroxylation sites is 1. The summed E-state index contributed by atoms with van der Waals surface area (Å²) in [6.07, 6.45) is 1.06. The van der Waals surface area contributed by atoms with E-state index >= 15 is 0 Å². The molecule has 1 amide bonds. The second kappa shape index (κ2) is 6.78. The maximum atomic E-state index is 11.5. The van der Waals surface area contributed by atoms with Gasteiger partial charge in [-0.25, -0.2) is 0 Å². The molecular weight excluding hydrogens is 246 g/mol. The number of rotatable bonds is 6. The van der Waals surface area contributed by atoms with E-state index in [0.717, 1.165) is 0 Å². The zero-order valence-electron chi connectivity index (χ0n) is 11.1. The summed E-state index contributed by atoms with van der Waals surface area (Å²) < 4.78 is 0. The highest BCUT2D eigenvalue weighted by Crippen LogP contribution is 2.28. The van der Waals surface area contributed by atoms with E-state index in [1.54, 1.807) is 25.1 Å². The lowest BCUT2D eigenvalue weighted by Gasteiger charge is -2.22. The molecule has 5 nitrogen and oxygen atoms in total. The molecule has 0 fully saturated rings.